The Bertz CT molecular complexity index is 595. The Morgan fingerprint density at radius 1 is 1.16 bits per heavy atom. The van der Waals surface area contributed by atoms with Gasteiger partial charge in [-0.2, -0.15) is 13.2 Å². The van der Waals surface area contributed by atoms with Gasteiger partial charge in [-0.3, -0.25) is 4.98 Å². The fraction of sp³-hybridized carbons (Fsp3) is 0.154. The Hall–Kier alpha value is -1.95. The summed E-state index contributed by atoms with van der Waals surface area (Å²) < 4.78 is 51.4. The molecule has 0 atom stereocenters. The minimum absolute atomic E-state index is 0.0387. The maximum atomic E-state index is 13.7. The molecule has 0 fully saturated rings. The molecule has 0 spiro atoms. The molecule has 1 aromatic heterocycles. The third kappa shape index (κ3) is 2.90. The van der Waals surface area contributed by atoms with Crippen LogP contribution < -0.4 is 0 Å². The van der Waals surface area contributed by atoms with Crippen molar-refractivity contribution in [1.29, 1.82) is 0 Å². The number of rotatable bonds is 2. The van der Waals surface area contributed by atoms with Gasteiger partial charge < -0.3 is 5.11 Å². The van der Waals surface area contributed by atoms with E-state index in [0.717, 1.165) is 18.2 Å². The number of halogens is 4. The van der Waals surface area contributed by atoms with E-state index in [-0.39, 0.29) is 23.4 Å². The molecule has 19 heavy (non-hydrogen) atoms. The van der Waals surface area contributed by atoms with Crippen molar-refractivity contribution in [3.63, 3.8) is 0 Å². The fourth-order valence-electron chi connectivity index (χ4n) is 1.62. The van der Waals surface area contributed by atoms with Gasteiger partial charge in [0.25, 0.3) is 0 Å². The smallest absolute Gasteiger partial charge is 0.392 e. The number of nitrogens with zero attached hydrogens (tertiary/aromatic N) is 1. The predicted molar refractivity (Wildman–Crippen MR) is 60.6 cm³/mol. The highest BCUT2D eigenvalue weighted by Gasteiger charge is 2.30. The molecule has 100 valence electrons. The molecule has 0 saturated heterocycles. The van der Waals surface area contributed by atoms with Crippen LogP contribution in [0.5, 0.6) is 0 Å². The summed E-state index contributed by atoms with van der Waals surface area (Å²) in [6.07, 6.45) is -3.27. The van der Waals surface area contributed by atoms with Gasteiger partial charge in [0, 0.05) is 11.8 Å². The maximum Gasteiger partial charge on any atom is 0.416 e. The Labute approximate surface area is 106 Å². The third-order valence-electron chi connectivity index (χ3n) is 2.54. The number of benzene rings is 1. The molecule has 0 aliphatic carbocycles. The van der Waals surface area contributed by atoms with Gasteiger partial charge in [-0.15, -0.1) is 0 Å². The molecule has 1 heterocycles. The molecule has 2 nitrogen and oxygen atoms in total. The van der Waals surface area contributed by atoms with Crippen LogP contribution in [0.15, 0.2) is 36.5 Å². The van der Waals surface area contributed by atoms with E-state index in [1.54, 1.807) is 0 Å². The summed E-state index contributed by atoms with van der Waals surface area (Å²) in [7, 11) is 0. The highest BCUT2D eigenvalue weighted by atomic mass is 19.4. The molecule has 2 aromatic rings. The summed E-state index contributed by atoms with van der Waals surface area (Å²) >= 11 is 0. The van der Waals surface area contributed by atoms with E-state index in [9.17, 15) is 17.6 Å². The van der Waals surface area contributed by atoms with Crippen molar-refractivity contribution in [2.24, 2.45) is 0 Å². The van der Waals surface area contributed by atoms with Crippen LogP contribution in [-0.2, 0) is 12.8 Å². The van der Waals surface area contributed by atoms with Crippen molar-refractivity contribution in [1.82, 2.24) is 4.98 Å². The van der Waals surface area contributed by atoms with Crippen LogP contribution >= 0.6 is 0 Å². The SMILES string of the molecule is OCc1cnc(-c2cccc(C(F)(F)F)c2)c(F)c1. The second kappa shape index (κ2) is 4.97. The lowest BCUT2D eigenvalue weighted by Crippen LogP contribution is -2.05. The summed E-state index contributed by atoms with van der Waals surface area (Å²) in [5, 5.41) is 8.82. The van der Waals surface area contributed by atoms with Crippen LogP contribution in [0.4, 0.5) is 17.6 Å². The van der Waals surface area contributed by atoms with E-state index in [0.29, 0.717) is 0 Å². The molecule has 0 unspecified atom stereocenters. The Balaban J connectivity index is 2.48. The lowest BCUT2D eigenvalue weighted by atomic mass is 10.1. The van der Waals surface area contributed by atoms with Crippen LogP contribution in [0.3, 0.4) is 0 Å². The van der Waals surface area contributed by atoms with E-state index in [2.05, 4.69) is 4.98 Å². The maximum absolute atomic E-state index is 13.7. The predicted octanol–water partition coefficient (Wildman–Crippen LogP) is 3.40. The number of hydrogen-bond acceptors (Lipinski definition) is 2. The number of aliphatic hydroxyl groups is 1. The second-order valence-electron chi connectivity index (χ2n) is 3.91. The van der Waals surface area contributed by atoms with Crippen LogP contribution in [0.25, 0.3) is 11.3 Å². The highest BCUT2D eigenvalue weighted by Crippen LogP contribution is 2.32. The van der Waals surface area contributed by atoms with Crippen LogP contribution in [-0.4, -0.2) is 10.1 Å². The van der Waals surface area contributed by atoms with Crippen LogP contribution in [0.2, 0.25) is 0 Å². The lowest BCUT2D eigenvalue weighted by Gasteiger charge is -2.09. The quantitative estimate of drug-likeness (QED) is 0.849. The van der Waals surface area contributed by atoms with Crippen molar-refractivity contribution in [3.8, 4) is 11.3 Å². The third-order valence-corrected chi connectivity index (χ3v) is 2.54. The first kappa shape index (κ1) is 13.5. The largest absolute Gasteiger partial charge is 0.416 e. The van der Waals surface area contributed by atoms with Crippen molar-refractivity contribution < 1.29 is 22.7 Å². The number of pyridine rings is 1. The summed E-state index contributed by atoms with van der Waals surface area (Å²) in [6.45, 7) is -0.382. The molecule has 0 saturated carbocycles. The van der Waals surface area contributed by atoms with Crippen LogP contribution in [0.1, 0.15) is 11.1 Å². The molecular weight excluding hydrogens is 262 g/mol. The van der Waals surface area contributed by atoms with Crippen LogP contribution in [0, 0.1) is 5.82 Å². The summed E-state index contributed by atoms with van der Waals surface area (Å²) in [6, 6.07) is 5.33. The number of hydrogen-bond donors (Lipinski definition) is 1. The Morgan fingerprint density at radius 3 is 2.47 bits per heavy atom. The summed E-state index contributed by atoms with van der Waals surface area (Å²) in [4.78, 5) is 3.74. The summed E-state index contributed by atoms with van der Waals surface area (Å²) in [5.74, 6) is -0.772. The standard InChI is InChI=1S/C13H9F4NO/c14-11-4-8(7-19)6-18-12(11)9-2-1-3-10(5-9)13(15,16)17/h1-6,19H,7H2. The summed E-state index contributed by atoms with van der Waals surface area (Å²) in [5.41, 5.74) is -0.745. The fourth-order valence-corrected chi connectivity index (χ4v) is 1.62. The van der Waals surface area contributed by atoms with E-state index < -0.39 is 17.6 Å². The minimum Gasteiger partial charge on any atom is -0.392 e. The monoisotopic (exact) mass is 271 g/mol. The van der Waals surface area contributed by atoms with Gasteiger partial charge in [0.2, 0.25) is 0 Å². The van der Waals surface area contributed by atoms with Gasteiger partial charge in [-0.25, -0.2) is 4.39 Å². The lowest BCUT2D eigenvalue weighted by molar-refractivity contribution is -0.137. The molecule has 0 radical (unpaired) electrons. The second-order valence-corrected chi connectivity index (χ2v) is 3.91. The molecule has 0 aliphatic rings. The first-order valence-corrected chi connectivity index (χ1v) is 5.34. The van der Waals surface area contributed by atoms with E-state index in [1.165, 1.54) is 18.3 Å². The number of alkyl halides is 3. The molecule has 0 aliphatic heterocycles. The molecule has 1 N–H and O–H groups in total. The van der Waals surface area contributed by atoms with E-state index in [4.69, 9.17) is 5.11 Å². The first-order valence-electron chi connectivity index (χ1n) is 5.34. The highest BCUT2D eigenvalue weighted by molar-refractivity contribution is 5.61. The Kier molecular flexibility index (Phi) is 3.53. The van der Waals surface area contributed by atoms with Crippen molar-refractivity contribution in [3.05, 3.63) is 53.5 Å². The van der Waals surface area contributed by atoms with Gasteiger partial charge in [-0.05, 0) is 23.8 Å². The van der Waals surface area contributed by atoms with Gasteiger partial charge in [0.1, 0.15) is 11.5 Å². The first-order chi connectivity index (χ1) is 8.91. The minimum atomic E-state index is -4.49. The van der Waals surface area contributed by atoms with Crippen molar-refractivity contribution in [2.75, 3.05) is 0 Å². The molecular formula is C13H9F4NO. The number of aliphatic hydroxyl groups excluding tert-OH is 1. The number of aromatic nitrogens is 1. The van der Waals surface area contributed by atoms with Gasteiger partial charge in [-0.1, -0.05) is 12.1 Å². The molecule has 0 amide bonds. The van der Waals surface area contributed by atoms with E-state index in [1.807, 2.05) is 0 Å². The average Bonchev–Trinajstić information content (AvgIpc) is 2.37. The zero-order valence-electron chi connectivity index (χ0n) is 9.58. The molecule has 0 bridgehead atoms. The van der Waals surface area contributed by atoms with Crippen molar-refractivity contribution >= 4 is 0 Å². The topological polar surface area (TPSA) is 33.1 Å². The van der Waals surface area contributed by atoms with Crippen molar-refractivity contribution in [2.45, 2.75) is 12.8 Å². The van der Waals surface area contributed by atoms with Gasteiger partial charge >= 0.3 is 6.18 Å². The van der Waals surface area contributed by atoms with Gasteiger partial charge in [0.15, 0.2) is 0 Å². The molecule has 2 rings (SSSR count). The Morgan fingerprint density at radius 2 is 1.89 bits per heavy atom. The van der Waals surface area contributed by atoms with E-state index >= 15 is 0 Å². The van der Waals surface area contributed by atoms with Gasteiger partial charge in [0.05, 0.1) is 12.2 Å². The normalized spacial score (nSPS) is 11.6. The zero-order valence-corrected chi connectivity index (χ0v) is 9.58. The zero-order chi connectivity index (χ0) is 14.0. The molecule has 6 heteroatoms. The molecule has 1 aromatic carbocycles. The average molecular weight is 271 g/mol.